The molecule has 1 saturated heterocycles. The summed E-state index contributed by atoms with van der Waals surface area (Å²) in [5.74, 6) is 1.33. The van der Waals surface area contributed by atoms with Crippen molar-refractivity contribution in [3.63, 3.8) is 0 Å². The number of halogens is 3. The largest absolute Gasteiger partial charge is 0.468 e. The van der Waals surface area contributed by atoms with E-state index >= 15 is 0 Å². The molecule has 0 saturated carbocycles. The molecule has 0 aromatic carbocycles. The number of furan rings is 1. The molecule has 30 heavy (non-hydrogen) atoms. The molecule has 166 valence electrons. The second-order valence-electron chi connectivity index (χ2n) is 7.38. The SMILES string of the molecule is CCNC(=NCc1cn(C)nc1C(F)(F)F)NCC(c1ccco1)N1CCCCC1. The first-order chi connectivity index (χ1) is 14.4. The van der Waals surface area contributed by atoms with Gasteiger partial charge in [0.15, 0.2) is 11.7 Å². The molecule has 2 aromatic rings. The lowest BCUT2D eigenvalue weighted by Gasteiger charge is -2.33. The smallest absolute Gasteiger partial charge is 0.435 e. The number of likely N-dealkylation sites (tertiary alicyclic amines) is 1. The molecule has 10 heteroatoms. The number of hydrogen-bond donors (Lipinski definition) is 2. The molecule has 1 fully saturated rings. The second kappa shape index (κ2) is 10.0. The third-order valence-corrected chi connectivity index (χ3v) is 5.09. The lowest BCUT2D eigenvalue weighted by molar-refractivity contribution is -0.142. The van der Waals surface area contributed by atoms with Gasteiger partial charge in [-0.2, -0.15) is 18.3 Å². The van der Waals surface area contributed by atoms with Crippen molar-refractivity contribution >= 4 is 5.96 Å². The minimum absolute atomic E-state index is 0.0354. The molecule has 1 aliphatic rings. The number of piperidine rings is 1. The molecule has 0 bridgehead atoms. The van der Waals surface area contributed by atoms with E-state index in [1.807, 2.05) is 19.1 Å². The lowest BCUT2D eigenvalue weighted by Crippen LogP contribution is -2.44. The molecular weight excluding hydrogens is 397 g/mol. The van der Waals surface area contributed by atoms with Crippen molar-refractivity contribution in [2.75, 3.05) is 26.2 Å². The van der Waals surface area contributed by atoms with Gasteiger partial charge in [-0.15, -0.1) is 0 Å². The van der Waals surface area contributed by atoms with Crippen LogP contribution in [0.15, 0.2) is 34.0 Å². The van der Waals surface area contributed by atoms with Gasteiger partial charge in [0, 0.05) is 31.9 Å². The highest BCUT2D eigenvalue weighted by molar-refractivity contribution is 5.79. The molecule has 0 radical (unpaired) electrons. The Morgan fingerprint density at radius 2 is 2.03 bits per heavy atom. The topological polar surface area (TPSA) is 70.6 Å². The van der Waals surface area contributed by atoms with Crippen molar-refractivity contribution in [3.05, 3.63) is 41.6 Å². The number of alkyl halides is 3. The molecule has 1 atom stereocenters. The van der Waals surface area contributed by atoms with E-state index in [1.165, 1.54) is 19.7 Å². The second-order valence-corrected chi connectivity index (χ2v) is 7.38. The van der Waals surface area contributed by atoms with Gasteiger partial charge in [0.25, 0.3) is 0 Å². The summed E-state index contributed by atoms with van der Waals surface area (Å²) in [4.78, 5) is 6.74. The van der Waals surface area contributed by atoms with Gasteiger partial charge >= 0.3 is 6.18 Å². The van der Waals surface area contributed by atoms with E-state index in [-0.39, 0.29) is 18.2 Å². The van der Waals surface area contributed by atoms with Crippen LogP contribution in [-0.2, 0) is 19.8 Å². The minimum atomic E-state index is -4.50. The standard InChI is InChI=1S/C20H29F3N6O/c1-3-24-19(25-12-15-14-28(2)27-18(15)20(21,22)23)26-13-16(17-8-7-11-30-17)29-9-5-4-6-10-29/h7-8,11,14,16H,3-6,9-10,12-13H2,1-2H3,(H2,24,25,26). The van der Waals surface area contributed by atoms with Crippen molar-refractivity contribution in [2.45, 2.75) is 44.9 Å². The molecule has 7 nitrogen and oxygen atoms in total. The Kier molecular flexibility index (Phi) is 7.41. The van der Waals surface area contributed by atoms with Crippen LogP contribution in [0.1, 0.15) is 49.2 Å². The molecule has 2 aromatic heterocycles. The Morgan fingerprint density at radius 3 is 2.67 bits per heavy atom. The number of nitrogens with zero attached hydrogens (tertiary/aromatic N) is 4. The number of aliphatic imine (C=N–C) groups is 1. The van der Waals surface area contributed by atoms with Gasteiger partial charge in [0.05, 0.1) is 18.8 Å². The Morgan fingerprint density at radius 1 is 1.27 bits per heavy atom. The zero-order valence-corrected chi connectivity index (χ0v) is 17.4. The van der Waals surface area contributed by atoms with E-state index < -0.39 is 11.9 Å². The maximum absolute atomic E-state index is 13.2. The van der Waals surface area contributed by atoms with Crippen LogP contribution < -0.4 is 10.6 Å². The molecule has 3 heterocycles. The number of nitrogens with one attached hydrogen (secondary N) is 2. The van der Waals surface area contributed by atoms with Gasteiger partial charge in [-0.05, 0) is 45.0 Å². The van der Waals surface area contributed by atoms with E-state index in [4.69, 9.17) is 4.42 Å². The number of aromatic nitrogens is 2. The fraction of sp³-hybridized carbons (Fsp3) is 0.600. The monoisotopic (exact) mass is 426 g/mol. The van der Waals surface area contributed by atoms with Crippen LogP contribution >= 0.6 is 0 Å². The number of rotatable bonds is 7. The maximum atomic E-state index is 13.2. The molecule has 0 aliphatic carbocycles. The van der Waals surface area contributed by atoms with E-state index in [2.05, 4.69) is 25.6 Å². The Bertz CT molecular complexity index is 809. The fourth-order valence-electron chi connectivity index (χ4n) is 3.71. The summed E-state index contributed by atoms with van der Waals surface area (Å²) in [5, 5.41) is 9.91. The first kappa shape index (κ1) is 22.2. The van der Waals surface area contributed by atoms with Gasteiger partial charge in [-0.3, -0.25) is 9.58 Å². The Labute approximate surface area is 174 Å². The molecule has 0 spiro atoms. The van der Waals surface area contributed by atoms with Gasteiger partial charge in [0.1, 0.15) is 5.76 Å². The van der Waals surface area contributed by atoms with E-state index in [0.29, 0.717) is 19.0 Å². The van der Waals surface area contributed by atoms with Gasteiger partial charge in [-0.25, -0.2) is 4.99 Å². The van der Waals surface area contributed by atoms with Crippen molar-refractivity contribution in [2.24, 2.45) is 12.0 Å². The van der Waals surface area contributed by atoms with Crippen molar-refractivity contribution in [1.29, 1.82) is 0 Å². The molecular formula is C20H29F3N6O. The Balaban J connectivity index is 1.71. The van der Waals surface area contributed by atoms with E-state index in [0.717, 1.165) is 36.4 Å². The van der Waals surface area contributed by atoms with Gasteiger partial charge in [0.2, 0.25) is 0 Å². The lowest BCUT2D eigenvalue weighted by atomic mass is 10.1. The molecule has 1 unspecified atom stereocenters. The van der Waals surface area contributed by atoms with Crippen LogP contribution in [0.3, 0.4) is 0 Å². The van der Waals surface area contributed by atoms with Gasteiger partial charge < -0.3 is 15.1 Å². The summed E-state index contributed by atoms with van der Waals surface area (Å²) in [6.45, 7) is 4.92. The summed E-state index contributed by atoms with van der Waals surface area (Å²) >= 11 is 0. The predicted octanol–water partition coefficient (Wildman–Crippen LogP) is 3.31. The number of hydrogen-bond acceptors (Lipinski definition) is 4. The highest BCUT2D eigenvalue weighted by Gasteiger charge is 2.36. The van der Waals surface area contributed by atoms with Crippen molar-refractivity contribution in [3.8, 4) is 0 Å². The average molecular weight is 426 g/mol. The van der Waals surface area contributed by atoms with Gasteiger partial charge in [-0.1, -0.05) is 6.42 Å². The quantitative estimate of drug-likeness (QED) is 0.525. The summed E-state index contributed by atoms with van der Waals surface area (Å²) in [7, 11) is 1.47. The summed E-state index contributed by atoms with van der Waals surface area (Å²) in [5.41, 5.74) is -0.854. The average Bonchev–Trinajstić information content (AvgIpc) is 3.36. The molecule has 2 N–H and O–H groups in total. The Hall–Kier alpha value is -2.49. The normalized spacial score (nSPS) is 17.2. The third-order valence-electron chi connectivity index (χ3n) is 5.09. The predicted molar refractivity (Wildman–Crippen MR) is 108 cm³/mol. The number of guanidine groups is 1. The third kappa shape index (κ3) is 5.78. The summed E-state index contributed by atoms with van der Waals surface area (Å²) in [6.07, 6.45) is 2.03. The first-order valence-corrected chi connectivity index (χ1v) is 10.3. The van der Waals surface area contributed by atoms with Crippen LogP contribution in [0.4, 0.5) is 13.2 Å². The zero-order chi connectivity index (χ0) is 21.6. The molecule has 0 amide bonds. The summed E-state index contributed by atoms with van der Waals surface area (Å²) in [6, 6.07) is 3.86. The molecule has 3 rings (SSSR count). The maximum Gasteiger partial charge on any atom is 0.435 e. The van der Waals surface area contributed by atoms with Crippen LogP contribution in [0.25, 0.3) is 0 Å². The van der Waals surface area contributed by atoms with Crippen LogP contribution in [0.2, 0.25) is 0 Å². The summed E-state index contributed by atoms with van der Waals surface area (Å²) < 4.78 is 46.4. The van der Waals surface area contributed by atoms with Crippen molar-refractivity contribution < 1.29 is 17.6 Å². The zero-order valence-electron chi connectivity index (χ0n) is 17.4. The van der Waals surface area contributed by atoms with Crippen LogP contribution in [0, 0.1) is 0 Å². The van der Waals surface area contributed by atoms with Crippen molar-refractivity contribution in [1.82, 2.24) is 25.3 Å². The molecule has 1 aliphatic heterocycles. The number of aryl methyl sites for hydroxylation is 1. The highest BCUT2D eigenvalue weighted by Crippen LogP contribution is 2.31. The van der Waals surface area contributed by atoms with Crippen LogP contribution in [-0.4, -0.2) is 46.8 Å². The minimum Gasteiger partial charge on any atom is -0.468 e. The van der Waals surface area contributed by atoms with E-state index in [1.54, 1.807) is 6.26 Å². The van der Waals surface area contributed by atoms with Crippen LogP contribution in [0.5, 0.6) is 0 Å². The fourth-order valence-corrected chi connectivity index (χ4v) is 3.71. The van der Waals surface area contributed by atoms with E-state index in [9.17, 15) is 13.2 Å². The first-order valence-electron chi connectivity index (χ1n) is 10.3. The highest BCUT2D eigenvalue weighted by atomic mass is 19.4.